The van der Waals surface area contributed by atoms with Crippen LogP contribution in [0.2, 0.25) is 0 Å². The highest BCUT2D eigenvalue weighted by Gasteiger charge is 2.04. The van der Waals surface area contributed by atoms with Crippen LogP contribution in [0.4, 0.5) is 11.4 Å². The summed E-state index contributed by atoms with van der Waals surface area (Å²) in [6.07, 6.45) is 0. The summed E-state index contributed by atoms with van der Waals surface area (Å²) in [6, 6.07) is 6.07. The van der Waals surface area contributed by atoms with Gasteiger partial charge in [-0.3, -0.25) is 0 Å². The lowest BCUT2D eigenvalue weighted by atomic mass is 10.2. The number of benzene rings is 1. The van der Waals surface area contributed by atoms with Crippen molar-refractivity contribution in [3.63, 3.8) is 0 Å². The van der Waals surface area contributed by atoms with Crippen molar-refractivity contribution in [2.24, 2.45) is 0 Å². The van der Waals surface area contributed by atoms with Crippen LogP contribution >= 0.6 is 0 Å². The first kappa shape index (κ1) is 11.9. The summed E-state index contributed by atoms with van der Waals surface area (Å²) >= 11 is 0. The van der Waals surface area contributed by atoms with Gasteiger partial charge in [0, 0.05) is 20.2 Å². The Bertz CT molecular complexity index is 312. The molecule has 1 rings (SSSR count). The first-order chi connectivity index (χ1) is 7.15. The Morgan fingerprint density at radius 2 is 2.13 bits per heavy atom. The number of anilines is 2. The smallest absolute Gasteiger partial charge is 0.0641 e. The van der Waals surface area contributed by atoms with E-state index in [4.69, 9.17) is 10.5 Å². The largest absolute Gasteiger partial charge is 0.397 e. The molecule has 0 spiro atoms. The number of ether oxygens (including phenoxy) is 1. The predicted molar refractivity (Wildman–Crippen MR) is 65.4 cm³/mol. The number of nitrogens with two attached hydrogens (primary N) is 1. The van der Waals surface area contributed by atoms with E-state index in [1.54, 1.807) is 0 Å². The van der Waals surface area contributed by atoms with Crippen molar-refractivity contribution in [1.29, 1.82) is 0 Å². The highest BCUT2D eigenvalue weighted by atomic mass is 16.5. The minimum absolute atomic E-state index is 0.736. The average Bonchev–Trinajstić information content (AvgIpc) is 2.22. The molecule has 0 amide bonds. The highest BCUT2D eigenvalue weighted by Crippen LogP contribution is 2.22. The molecular formula is C12H20N2O. The molecule has 1 aromatic rings. The first-order valence-electron chi connectivity index (χ1n) is 5.30. The highest BCUT2D eigenvalue weighted by molar-refractivity contribution is 5.68. The van der Waals surface area contributed by atoms with Crippen molar-refractivity contribution in [3.05, 3.63) is 23.8 Å². The van der Waals surface area contributed by atoms with E-state index in [1.165, 1.54) is 5.56 Å². The van der Waals surface area contributed by atoms with Gasteiger partial charge in [-0.15, -0.1) is 0 Å². The van der Waals surface area contributed by atoms with Crippen LogP contribution in [0.25, 0.3) is 0 Å². The molecule has 1 aromatic carbocycles. The Balaban J connectivity index is 2.64. The van der Waals surface area contributed by atoms with Crippen molar-refractivity contribution < 1.29 is 4.74 Å². The van der Waals surface area contributed by atoms with Crippen LogP contribution in [-0.4, -0.2) is 26.8 Å². The Kier molecular flexibility index (Phi) is 4.43. The monoisotopic (exact) mass is 208 g/mol. The zero-order chi connectivity index (χ0) is 11.3. The van der Waals surface area contributed by atoms with Crippen LogP contribution in [0.1, 0.15) is 12.5 Å². The molecule has 0 unspecified atom stereocenters. The van der Waals surface area contributed by atoms with Crippen molar-refractivity contribution in [2.45, 2.75) is 13.8 Å². The van der Waals surface area contributed by atoms with Gasteiger partial charge in [0.1, 0.15) is 0 Å². The molecule has 15 heavy (non-hydrogen) atoms. The fraction of sp³-hybridized carbons (Fsp3) is 0.500. The van der Waals surface area contributed by atoms with Crippen LogP contribution in [-0.2, 0) is 4.74 Å². The lowest BCUT2D eigenvalue weighted by Gasteiger charge is -2.21. The van der Waals surface area contributed by atoms with Crippen LogP contribution in [0.5, 0.6) is 0 Å². The molecule has 2 N–H and O–H groups in total. The Hall–Kier alpha value is -1.22. The second kappa shape index (κ2) is 5.61. The molecule has 84 valence electrons. The van der Waals surface area contributed by atoms with E-state index in [-0.39, 0.29) is 0 Å². The molecule has 0 aliphatic rings. The zero-order valence-corrected chi connectivity index (χ0v) is 9.79. The van der Waals surface area contributed by atoms with E-state index in [9.17, 15) is 0 Å². The Labute approximate surface area is 91.8 Å². The maximum atomic E-state index is 5.91. The van der Waals surface area contributed by atoms with Gasteiger partial charge in [-0.25, -0.2) is 0 Å². The van der Waals surface area contributed by atoms with Crippen LogP contribution in [0.15, 0.2) is 18.2 Å². The van der Waals surface area contributed by atoms with E-state index in [1.807, 2.05) is 26.1 Å². The van der Waals surface area contributed by atoms with Crippen molar-refractivity contribution in [2.75, 3.05) is 37.4 Å². The van der Waals surface area contributed by atoms with E-state index in [0.29, 0.717) is 0 Å². The quantitative estimate of drug-likeness (QED) is 0.594. The predicted octanol–water partition coefficient (Wildman–Crippen LogP) is 2.05. The molecule has 0 aliphatic carbocycles. The summed E-state index contributed by atoms with van der Waals surface area (Å²) in [5.41, 5.74) is 9.03. The van der Waals surface area contributed by atoms with E-state index in [0.717, 1.165) is 31.1 Å². The van der Waals surface area contributed by atoms with Gasteiger partial charge in [-0.05, 0) is 31.5 Å². The molecule has 0 aromatic heterocycles. The van der Waals surface area contributed by atoms with Gasteiger partial charge >= 0.3 is 0 Å². The summed E-state index contributed by atoms with van der Waals surface area (Å²) in [6.45, 7) is 6.43. The average molecular weight is 208 g/mol. The van der Waals surface area contributed by atoms with E-state index < -0.39 is 0 Å². The maximum Gasteiger partial charge on any atom is 0.0641 e. The minimum atomic E-state index is 0.736. The van der Waals surface area contributed by atoms with Gasteiger partial charge in [0.25, 0.3) is 0 Å². The first-order valence-corrected chi connectivity index (χ1v) is 5.30. The molecule has 0 saturated heterocycles. The van der Waals surface area contributed by atoms with Gasteiger partial charge in [-0.2, -0.15) is 0 Å². The van der Waals surface area contributed by atoms with Gasteiger partial charge in [-0.1, -0.05) is 6.07 Å². The van der Waals surface area contributed by atoms with E-state index >= 15 is 0 Å². The van der Waals surface area contributed by atoms with Crippen molar-refractivity contribution in [3.8, 4) is 0 Å². The lowest BCUT2D eigenvalue weighted by molar-refractivity contribution is 0.154. The lowest BCUT2D eigenvalue weighted by Crippen LogP contribution is -2.23. The summed E-state index contributed by atoms with van der Waals surface area (Å²) in [5, 5.41) is 0. The Morgan fingerprint density at radius 1 is 1.40 bits per heavy atom. The van der Waals surface area contributed by atoms with Gasteiger partial charge in [0.2, 0.25) is 0 Å². The van der Waals surface area contributed by atoms with Gasteiger partial charge in [0.15, 0.2) is 0 Å². The van der Waals surface area contributed by atoms with Crippen LogP contribution in [0, 0.1) is 6.92 Å². The minimum Gasteiger partial charge on any atom is -0.397 e. The summed E-state index contributed by atoms with van der Waals surface area (Å²) in [4.78, 5) is 2.12. The number of aryl methyl sites for hydroxylation is 1. The third-order valence-electron chi connectivity index (χ3n) is 2.37. The number of rotatable bonds is 5. The molecule has 0 aliphatic heterocycles. The maximum absolute atomic E-state index is 5.91. The molecule has 0 radical (unpaired) electrons. The third-order valence-corrected chi connectivity index (χ3v) is 2.37. The molecule has 0 atom stereocenters. The Morgan fingerprint density at radius 3 is 2.80 bits per heavy atom. The summed E-state index contributed by atoms with van der Waals surface area (Å²) in [5.74, 6) is 0. The van der Waals surface area contributed by atoms with Crippen molar-refractivity contribution in [1.82, 2.24) is 0 Å². The molecule has 3 heteroatoms. The molecule has 0 saturated carbocycles. The SMILES string of the molecule is CCOCCN(C)c1cc(C)ccc1N. The summed E-state index contributed by atoms with van der Waals surface area (Å²) in [7, 11) is 2.03. The third kappa shape index (κ3) is 3.44. The van der Waals surface area contributed by atoms with Gasteiger partial charge in [0.05, 0.1) is 18.0 Å². The molecule has 3 nitrogen and oxygen atoms in total. The topological polar surface area (TPSA) is 38.5 Å². The fourth-order valence-electron chi connectivity index (χ4n) is 1.45. The molecular weight excluding hydrogens is 188 g/mol. The second-order valence-corrected chi connectivity index (χ2v) is 3.68. The van der Waals surface area contributed by atoms with E-state index in [2.05, 4.69) is 17.9 Å². The van der Waals surface area contributed by atoms with Crippen LogP contribution < -0.4 is 10.6 Å². The van der Waals surface area contributed by atoms with Crippen LogP contribution in [0.3, 0.4) is 0 Å². The standard InChI is InChI=1S/C12H20N2O/c1-4-15-8-7-14(3)12-9-10(2)5-6-11(12)13/h5-6,9H,4,7-8,13H2,1-3H3. The van der Waals surface area contributed by atoms with Gasteiger partial charge < -0.3 is 15.4 Å². The number of hydrogen-bond donors (Lipinski definition) is 1. The molecule has 0 bridgehead atoms. The number of nitrogen functional groups attached to an aromatic ring is 1. The normalized spacial score (nSPS) is 10.3. The number of likely N-dealkylation sites (N-methyl/N-ethyl adjacent to an activating group) is 1. The fourth-order valence-corrected chi connectivity index (χ4v) is 1.45. The zero-order valence-electron chi connectivity index (χ0n) is 9.79. The number of hydrogen-bond acceptors (Lipinski definition) is 3. The molecule has 0 heterocycles. The second-order valence-electron chi connectivity index (χ2n) is 3.68. The number of nitrogens with zero attached hydrogens (tertiary/aromatic N) is 1. The van der Waals surface area contributed by atoms with Crippen molar-refractivity contribution >= 4 is 11.4 Å². The molecule has 0 fully saturated rings. The summed E-state index contributed by atoms with van der Waals surface area (Å²) < 4.78 is 5.31.